The third kappa shape index (κ3) is 5.94. The molecule has 84 valence electrons. The minimum atomic E-state index is -0.767. The Morgan fingerprint density at radius 1 is 1.57 bits per heavy atom. The van der Waals surface area contributed by atoms with Gasteiger partial charge in [-0.05, 0) is 12.3 Å². The first kappa shape index (κ1) is 13.4. The molecular weight excluding hydrogens is 182 g/mol. The van der Waals surface area contributed by atoms with Gasteiger partial charge in [0.2, 0.25) is 0 Å². The number of carboxylic acid groups (broad SMARTS) is 1. The molecule has 0 aliphatic carbocycles. The maximum Gasteiger partial charge on any atom is 0.320 e. The van der Waals surface area contributed by atoms with Gasteiger partial charge in [-0.3, -0.25) is 4.79 Å². The van der Waals surface area contributed by atoms with Gasteiger partial charge in [0.1, 0.15) is 6.04 Å². The highest BCUT2D eigenvalue weighted by atomic mass is 16.5. The zero-order chi connectivity index (χ0) is 11.0. The number of carbonyl (C=O) groups is 1. The summed E-state index contributed by atoms with van der Waals surface area (Å²) in [7, 11) is 1.65. The summed E-state index contributed by atoms with van der Waals surface area (Å²) in [6.07, 6.45) is 1.55. The van der Waals surface area contributed by atoms with Crippen LogP contribution in [-0.2, 0) is 9.53 Å². The van der Waals surface area contributed by atoms with E-state index in [1.807, 2.05) is 13.8 Å². The highest BCUT2D eigenvalue weighted by molar-refractivity contribution is 5.73. The summed E-state index contributed by atoms with van der Waals surface area (Å²) in [6.45, 7) is 5.35. The summed E-state index contributed by atoms with van der Waals surface area (Å²) >= 11 is 0. The molecule has 0 saturated carbocycles. The average molecular weight is 203 g/mol. The molecule has 0 heterocycles. The zero-order valence-corrected chi connectivity index (χ0v) is 9.25. The van der Waals surface area contributed by atoms with E-state index in [0.29, 0.717) is 25.5 Å². The number of carboxylic acids is 1. The second-order valence-electron chi connectivity index (χ2n) is 3.65. The summed E-state index contributed by atoms with van der Waals surface area (Å²) in [5, 5.41) is 11.9. The maximum absolute atomic E-state index is 10.8. The fraction of sp³-hybridized carbons (Fsp3) is 0.900. The van der Waals surface area contributed by atoms with Crippen molar-refractivity contribution in [1.29, 1.82) is 0 Å². The number of hydrogen-bond acceptors (Lipinski definition) is 3. The molecule has 0 spiro atoms. The maximum atomic E-state index is 10.8. The van der Waals surface area contributed by atoms with Gasteiger partial charge in [0.25, 0.3) is 0 Å². The topological polar surface area (TPSA) is 58.6 Å². The van der Waals surface area contributed by atoms with Crippen LogP contribution in [0.5, 0.6) is 0 Å². The van der Waals surface area contributed by atoms with Crippen LogP contribution < -0.4 is 5.32 Å². The number of methoxy groups -OCH3 is 1. The molecular formula is C10H21NO3. The SMILES string of the molecule is CCCC(NCC(C)COC)C(=O)O. The molecule has 0 aromatic rings. The molecule has 0 aromatic heterocycles. The Morgan fingerprint density at radius 3 is 2.64 bits per heavy atom. The smallest absolute Gasteiger partial charge is 0.320 e. The Morgan fingerprint density at radius 2 is 2.21 bits per heavy atom. The predicted octanol–water partition coefficient (Wildman–Crippen LogP) is 1.11. The summed E-state index contributed by atoms with van der Waals surface area (Å²) in [6, 6.07) is -0.417. The first-order chi connectivity index (χ1) is 6.61. The minimum Gasteiger partial charge on any atom is -0.480 e. The van der Waals surface area contributed by atoms with Crippen molar-refractivity contribution in [1.82, 2.24) is 5.32 Å². The van der Waals surface area contributed by atoms with Crippen molar-refractivity contribution in [2.24, 2.45) is 5.92 Å². The van der Waals surface area contributed by atoms with Gasteiger partial charge < -0.3 is 15.2 Å². The lowest BCUT2D eigenvalue weighted by atomic mass is 10.1. The molecule has 4 heteroatoms. The Kier molecular flexibility index (Phi) is 7.42. The molecule has 0 saturated heterocycles. The second-order valence-corrected chi connectivity index (χ2v) is 3.65. The summed E-state index contributed by atoms with van der Waals surface area (Å²) in [5.74, 6) is -0.421. The number of rotatable bonds is 8. The fourth-order valence-corrected chi connectivity index (χ4v) is 1.29. The molecule has 0 aromatic carbocycles. The van der Waals surface area contributed by atoms with Crippen LogP contribution in [0.3, 0.4) is 0 Å². The molecule has 4 nitrogen and oxygen atoms in total. The first-order valence-electron chi connectivity index (χ1n) is 5.06. The molecule has 0 radical (unpaired) electrons. The van der Waals surface area contributed by atoms with Crippen LogP contribution in [0.15, 0.2) is 0 Å². The van der Waals surface area contributed by atoms with Crippen molar-refractivity contribution < 1.29 is 14.6 Å². The fourth-order valence-electron chi connectivity index (χ4n) is 1.29. The van der Waals surface area contributed by atoms with Crippen LogP contribution in [-0.4, -0.2) is 37.4 Å². The number of nitrogens with one attached hydrogen (secondary N) is 1. The van der Waals surface area contributed by atoms with Crippen molar-refractivity contribution in [2.75, 3.05) is 20.3 Å². The molecule has 2 atom stereocenters. The van der Waals surface area contributed by atoms with Crippen LogP contribution in [0.25, 0.3) is 0 Å². The Hall–Kier alpha value is -0.610. The van der Waals surface area contributed by atoms with Gasteiger partial charge in [-0.15, -0.1) is 0 Å². The van der Waals surface area contributed by atoms with E-state index < -0.39 is 12.0 Å². The van der Waals surface area contributed by atoms with Gasteiger partial charge in [0.05, 0.1) is 0 Å². The van der Waals surface area contributed by atoms with E-state index in [0.717, 1.165) is 6.42 Å². The van der Waals surface area contributed by atoms with E-state index >= 15 is 0 Å². The number of ether oxygens (including phenoxy) is 1. The van der Waals surface area contributed by atoms with Crippen molar-refractivity contribution in [3.05, 3.63) is 0 Å². The van der Waals surface area contributed by atoms with E-state index in [4.69, 9.17) is 9.84 Å². The van der Waals surface area contributed by atoms with Gasteiger partial charge in [-0.1, -0.05) is 20.3 Å². The summed E-state index contributed by atoms with van der Waals surface area (Å²) in [4.78, 5) is 10.8. The minimum absolute atomic E-state index is 0.346. The molecule has 0 bridgehead atoms. The average Bonchev–Trinajstić information content (AvgIpc) is 2.12. The van der Waals surface area contributed by atoms with Crippen molar-refractivity contribution in [3.8, 4) is 0 Å². The van der Waals surface area contributed by atoms with Crippen LogP contribution in [0.4, 0.5) is 0 Å². The molecule has 2 unspecified atom stereocenters. The van der Waals surface area contributed by atoms with Crippen LogP contribution in [0.1, 0.15) is 26.7 Å². The van der Waals surface area contributed by atoms with E-state index in [-0.39, 0.29) is 0 Å². The highest BCUT2D eigenvalue weighted by Crippen LogP contribution is 1.99. The van der Waals surface area contributed by atoms with E-state index in [1.165, 1.54) is 0 Å². The Bertz CT molecular complexity index is 161. The summed E-state index contributed by atoms with van der Waals surface area (Å²) in [5.41, 5.74) is 0. The molecule has 0 aliphatic heterocycles. The van der Waals surface area contributed by atoms with Gasteiger partial charge in [-0.2, -0.15) is 0 Å². The van der Waals surface area contributed by atoms with Crippen LogP contribution in [0, 0.1) is 5.92 Å². The first-order valence-corrected chi connectivity index (χ1v) is 5.06. The van der Waals surface area contributed by atoms with Gasteiger partial charge in [0.15, 0.2) is 0 Å². The van der Waals surface area contributed by atoms with E-state index in [1.54, 1.807) is 7.11 Å². The normalized spacial score (nSPS) is 15.1. The van der Waals surface area contributed by atoms with Crippen molar-refractivity contribution in [3.63, 3.8) is 0 Å². The molecule has 0 amide bonds. The highest BCUT2D eigenvalue weighted by Gasteiger charge is 2.15. The lowest BCUT2D eigenvalue weighted by Crippen LogP contribution is -2.39. The van der Waals surface area contributed by atoms with Gasteiger partial charge >= 0.3 is 5.97 Å². The van der Waals surface area contributed by atoms with Crippen molar-refractivity contribution in [2.45, 2.75) is 32.7 Å². The lowest BCUT2D eigenvalue weighted by Gasteiger charge is -2.16. The largest absolute Gasteiger partial charge is 0.480 e. The Labute approximate surface area is 85.6 Å². The molecule has 0 rings (SSSR count). The predicted molar refractivity (Wildman–Crippen MR) is 55.4 cm³/mol. The lowest BCUT2D eigenvalue weighted by molar-refractivity contribution is -0.139. The third-order valence-electron chi connectivity index (χ3n) is 2.04. The molecule has 0 aliphatic rings. The van der Waals surface area contributed by atoms with Crippen molar-refractivity contribution >= 4 is 5.97 Å². The second kappa shape index (κ2) is 7.76. The number of aliphatic carboxylic acids is 1. The van der Waals surface area contributed by atoms with Crippen LogP contribution in [0.2, 0.25) is 0 Å². The van der Waals surface area contributed by atoms with Gasteiger partial charge in [-0.25, -0.2) is 0 Å². The molecule has 0 fully saturated rings. The Balaban J connectivity index is 3.75. The quantitative estimate of drug-likeness (QED) is 0.620. The third-order valence-corrected chi connectivity index (χ3v) is 2.04. The van der Waals surface area contributed by atoms with E-state index in [2.05, 4.69) is 5.32 Å². The van der Waals surface area contributed by atoms with Crippen LogP contribution >= 0.6 is 0 Å². The monoisotopic (exact) mass is 203 g/mol. The summed E-state index contributed by atoms with van der Waals surface area (Å²) < 4.78 is 4.97. The van der Waals surface area contributed by atoms with Gasteiger partial charge in [0, 0.05) is 20.3 Å². The molecule has 2 N–H and O–H groups in total. The van der Waals surface area contributed by atoms with E-state index in [9.17, 15) is 4.79 Å². The number of hydrogen-bond donors (Lipinski definition) is 2. The standard InChI is InChI=1S/C10H21NO3/c1-4-5-9(10(12)13)11-6-8(2)7-14-3/h8-9,11H,4-7H2,1-3H3,(H,12,13). The molecule has 14 heavy (non-hydrogen) atoms. The zero-order valence-electron chi connectivity index (χ0n) is 9.25.